The van der Waals surface area contributed by atoms with E-state index in [0.29, 0.717) is 24.5 Å². The highest BCUT2D eigenvalue weighted by Gasteiger charge is 2.30. The summed E-state index contributed by atoms with van der Waals surface area (Å²) in [5, 5.41) is 3.49. The molecule has 3 rings (SSSR count). The first-order valence-corrected chi connectivity index (χ1v) is 11.7. The zero-order valence-electron chi connectivity index (χ0n) is 19.2. The maximum Gasteiger partial charge on any atom is 0.305 e. The molecule has 0 aromatic heterocycles. The van der Waals surface area contributed by atoms with Crippen LogP contribution >= 0.6 is 0 Å². The van der Waals surface area contributed by atoms with E-state index in [0.717, 1.165) is 43.9 Å². The number of hydrogen-bond donors (Lipinski definition) is 1. The fourth-order valence-corrected chi connectivity index (χ4v) is 4.70. The Morgan fingerprint density at radius 2 is 1.80 bits per heavy atom. The molecule has 1 N–H and O–H groups in total. The number of carbonyl (C=O) groups excluding carboxylic acids is 1. The predicted molar refractivity (Wildman–Crippen MR) is 123 cm³/mol. The molecule has 2 aliphatic rings. The molecule has 1 aromatic rings. The van der Waals surface area contributed by atoms with Crippen molar-refractivity contribution in [1.29, 1.82) is 0 Å². The highest BCUT2D eigenvalue weighted by Crippen LogP contribution is 2.38. The summed E-state index contributed by atoms with van der Waals surface area (Å²) in [6, 6.07) is 8.81. The molecule has 4 heteroatoms. The summed E-state index contributed by atoms with van der Waals surface area (Å²) in [4.78, 5) is 11.6. The van der Waals surface area contributed by atoms with Gasteiger partial charge in [-0.15, -0.1) is 0 Å². The SMILES string of the molecule is CCOC(=O)CCC1C=C(c2ccc(OC3CCC(C(C)(C)C)CC3)cc2)CCN1. The molecule has 0 bridgehead atoms. The maximum absolute atomic E-state index is 11.6. The predicted octanol–water partition coefficient (Wildman–Crippen LogP) is 5.76. The van der Waals surface area contributed by atoms with E-state index in [1.165, 1.54) is 24.0 Å². The Balaban J connectivity index is 1.52. The van der Waals surface area contributed by atoms with Crippen molar-refractivity contribution in [3.63, 3.8) is 0 Å². The van der Waals surface area contributed by atoms with E-state index in [4.69, 9.17) is 9.47 Å². The van der Waals surface area contributed by atoms with Crippen LogP contribution in [0.15, 0.2) is 30.3 Å². The van der Waals surface area contributed by atoms with Crippen LogP contribution in [0.3, 0.4) is 0 Å². The summed E-state index contributed by atoms with van der Waals surface area (Å²) in [6.07, 6.45) is 9.70. The van der Waals surface area contributed by atoms with Crippen LogP contribution in [0.1, 0.15) is 78.2 Å². The van der Waals surface area contributed by atoms with Crippen molar-refractivity contribution >= 4 is 11.5 Å². The van der Waals surface area contributed by atoms with Gasteiger partial charge in [-0.2, -0.15) is 0 Å². The van der Waals surface area contributed by atoms with Crippen molar-refractivity contribution in [2.45, 2.75) is 84.8 Å². The summed E-state index contributed by atoms with van der Waals surface area (Å²) in [7, 11) is 0. The molecular formula is C26H39NO3. The van der Waals surface area contributed by atoms with E-state index in [-0.39, 0.29) is 12.0 Å². The number of benzene rings is 1. The molecule has 1 aromatic carbocycles. The average molecular weight is 414 g/mol. The number of nitrogens with one attached hydrogen (secondary N) is 1. The van der Waals surface area contributed by atoms with Crippen LogP contribution in [-0.4, -0.2) is 31.3 Å². The van der Waals surface area contributed by atoms with Gasteiger partial charge in [-0.3, -0.25) is 4.79 Å². The molecule has 1 heterocycles. The average Bonchev–Trinajstić information content (AvgIpc) is 2.73. The van der Waals surface area contributed by atoms with Crippen LogP contribution in [-0.2, 0) is 9.53 Å². The quantitative estimate of drug-likeness (QED) is 0.578. The van der Waals surface area contributed by atoms with Gasteiger partial charge in [-0.1, -0.05) is 39.0 Å². The van der Waals surface area contributed by atoms with Gasteiger partial charge in [0.05, 0.1) is 12.7 Å². The van der Waals surface area contributed by atoms with Gasteiger partial charge in [0.25, 0.3) is 0 Å². The Morgan fingerprint density at radius 3 is 2.43 bits per heavy atom. The molecule has 1 atom stereocenters. The van der Waals surface area contributed by atoms with Crippen molar-refractivity contribution in [2.75, 3.05) is 13.2 Å². The van der Waals surface area contributed by atoms with Crippen molar-refractivity contribution in [3.05, 3.63) is 35.9 Å². The van der Waals surface area contributed by atoms with Crippen molar-refractivity contribution in [1.82, 2.24) is 5.32 Å². The standard InChI is InChI=1S/C26H39NO3/c1-5-29-25(28)15-10-22-18-20(16-17-27-22)19-6-11-23(12-7-19)30-24-13-8-21(9-14-24)26(2,3)4/h6-7,11-12,18,21-22,24,27H,5,8-10,13-17H2,1-4H3. The van der Waals surface area contributed by atoms with E-state index in [9.17, 15) is 4.79 Å². The van der Waals surface area contributed by atoms with Crippen molar-refractivity contribution < 1.29 is 14.3 Å². The van der Waals surface area contributed by atoms with E-state index < -0.39 is 0 Å². The number of rotatable bonds is 7. The van der Waals surface area contributed by atoms with Gasteiger partial charge >= 0.3 is 5.97 Å². The van der Waals surface area contributed by atoms with Crippen LogP contribution in [0.5, 0.6) is 5.75 Å². The van der Waals surface area contributed by atoms with E-state index in [1.807, 2.05) is 6.92 Å². The lowest BCUT2D eigenvalue weighted by molar-refractivity contribution is -0.143. The third-order valence-electron chi connectivity index (χ3n) is 6.59. The molecule has 1 aliphatic carbocycles. The first-order chi connectivity index (χ1) is 14.3. The topological polar surface area (TPSA) is 47.6 Å². The first-order valence-electron chi connectivity index (χ1n) is 11.7. The van der Waals surface area contributed by atoms with Crippen LogP contribution in [0.4, 0.5) is 0 Å². The number of carbonyl (C=O) groups is 1. The molecule has 166 valence electrons. The van der Waals surface area contributed by atoms with Gasteiger partial charge in [0.2, 0.25) is 0 Å². The summed E-state index contributed by atoms with van der Waals surface area (Å²) in [5.41, 5.74) is 3.00. The lowest BCUT2D eigenvalue weighted by Gasteiger charge is -2.37. The van der Waals surface area contributed by atoms with Gasteiger partial charge in [-0.05, 0) is 86.6 Å². The van der Waals surface area contributed by atoms with Crippen molar-refractivity contribution in [2.24, 2.45) is 11.3 Å². The van der Waals surface area contributed by atoms with Gasteiger partial charge in [0.15, 0.2) is 0 Å². The Bertz CT molecular complexity index is 709. The van der Waals surface area contributed by atoms with E-state index in [1.54, 1.807) is 0 Å². The molecule has 1 unspecified atom stereocenters. The van der Waals surface area contributed by atoms with E-state index >= 15 is 0 Å². The zero-order valence-corrected chi connectivity index (χ0v) is 19.2. The largest absolute Gasteiger partial charge is 0.490 e. The summed E-state index contributed by atoms with van der Waals surface area (Å²) in [5.74, 6) is 1.67. The second-order valence-electron chi connectivity index (χ2n) is 9.83. The van der Waals surface area contributed by atoms with E-state index in [2.05, 4.69) is 56.4 Å². The molecular weight excluding hydrogens is 374 g/mol. The normalized spacial score (nSPS) is 24.8. The minimum Gasteiger partial charge on any atom is -0.490 e. The fraction of sp³-hybridized carbons (Fsp3) is 0.654. The third-order valence-corrected chi connectivity index (χ3v) is 6.59. The van der Waals surface area contributed by atoms with Gasteiger partial charge in [-0.25, -0.2) is 0 Å². The van der Waals surface area contributed by atoms with Crippen LogP contribution in [0, 0.1) is 11.3 Å². The molecule has 4 nitrogen and oxygen atoms in total. The van der Waals surface area contributed by atoms with Crippen LogP contribution < -0.4 is 10.1 Å². The molecule has 1 aliphatic heterocycles. The lowest BCUT2D eigenvalue weighted by atomic mass is 9.72. The number of hydrogen-bond acceptors (Lipinski definition) is 4. The second kappa shape index (κ2) is 10.5. The molecule has 0 spiro atoms. The third kappa shape index (κ3) is 6.60. The minimum absolute atomic E-state index is 0.113. The molecule has 1 fully saturated rings. The Labute approximate surface area is 182 Å². The molecule has 0 amide bonds. The molecule has 30 heavy (non-hydrogen) atoms. The Morgan fingerprint density at radius 1 is 1.10 bits per heavy atom. The smallest absolute Gasteiger partial charge is 0.305 e. The fourth-order valence-electron chi connectivity index (χ4n) is 4.70. The van der Waals surface area contributed by atoms with Crippen molar-refractivity contribution in [3.8, 4) is 5.75 Å². The van der Waals surface area contributed by atoms with Gasteiger partial charge < -0.3 is 14.8 Å². The van der Waals surface area contributed by atoms with Crippen LogP contribution in [0.2, 0.25) is 0 Å². The Kier molecular flexibility index (Phi) is 7.99. The van der Waals surface area contributed by atoms with Gasteiger partial charge in [0, 0.05) is 12.5 Å². The van der Waals surface area contributed by atoms with Crippen LogP contribution in [0.25, 0.3) is 5.57 Å². The second-order valence-corrected chi connectivity index (χ2v) is 9.83. The number of ether oxygens (including phenoxy) is 2. The minimum atomic E-state index is -0.113. The Hall–Kier alpha value is -1.81. The maximum atomic E-state index is 11.6. The monoisotopic (exact) mass is 413 g/mol. The zero-order chi connectivity index (χ0) is 21.6. The molecule has 0 radical (unpaired) electrons. The molecule has 0 saturated heterocycles. The summed E-state index contributed by atoms with van der Waals surface area (Å²) in [6.45, 7) is 10.3. The summed E-state index contributed by atoms with van der Waals surface area (Å²) >= 11 is 0. The lowest BCUT2D eigenvalue weighted by Crippen LogP contribution is -2.32. The highest BCUT2D eigenvalue weighted by molar-refractivity contribution is 5.70. The number of esters is 1. The first kappa shape index (κ1) is 22.9. The van der Waals surface area contributed by atoms with Gasteiger partial charge in [0.1, 0.15) is 5.75 Å². The summed E-state index contributed by atoms with van der Waals surface area (Å²) < 4.78 is 11.3. The highest BCUT2D eigenvalue weighted by atomic mass is 16.5. The molecule has 1 saturated carbocycles.